The molecule has 112 valence electrons. The van der Waals surface area contributed by atoms with E-state index in [0.29, 0.717) is 12.1 Å². The normalized spacial score (nSPS) is 40.3. The van der Waals surface area contributed by atoms with Crippen LogP contribution in [0.3, 0.4) is 0 Å². The lowest BCUT2D eigenvalue weighted by Crippen LogP contribution is -2.47. The first-order valence-electron chi connectivity index (χ1n) is 8.35. The van der Waals surface area contributed by atoms with E-state index in [-0.39, 0.29) is 12.1 Å². The van der Waals surface area contributed by atoms with E-state index in [0.717, 1.165) is 25.2 Å². The van der Waals surface area contributed by atoms with Gasteiger partial charge in [0.25, 0.3) is 0 Å². The molecule has 2 saturated carbocycles. The molecule has 2 aliphatic carbocycles. The summed E-state index contributed by atoms with van der Waals surface area (Å²) >= 11 is 0. The van der Waals surface area contributed by atoms with Crippen molar-refractivity contribution in [2.24, 2.45) is 17.4 Å². The third-order valence-electron chi connectivity index (χ3n) is 5.00. The fraction of sp³-hybridized carbons (Fsp3) is 1.00. The van der Waals surface area contributed by atoms with Crippen LogP contribution in [-0.4, -0.2) is 24.3 Å². The zero-order chi connectivity index (χ0) is 13.7. The third kappa shape index (κ3) is 4.73. The van der Waals surface area contributed by atoms with Crippen LogP contribution in [0.1, 0.15) is 71.1 Å². The Labute approximate surface area is 118 Å². The molecule has 0 bridgehead atoms. The minimum Gasteiger partial charge on any atom is -0.373 e. The minimum absolute atomic E-state index is 0.154. The first-order valence-corrected chi connectivity index (χ1v) is 8.35. The molecule has 3 nitrogen and oxygen atoms in total. The van der Waals surface area contributed by atoms with Crippen LogP contribution in [-0.2, 0) is 4.74 Å². The summed E-state index contributed by atoms with van der Waals surface area (Å²) in [6.07, 6.45) is 13.1. The Morgan fingerprint density at radius 3 is 2.37 bits per heavy atom. The summed E-state index contributed by atoms with van der Waals surface area (Å²) in [6.45, 7) is 2.28. The van der Waals surface area contributed by atoms with E-state index < -0.39 is 0 Å². The summed E-state index contributed by atoms with van der Waals surface area (Å²) in [5, 5.41) is 0. The predicted molar refractivity (Wildman–Crippen MR) is 79.9 cm³/mol. The quantitative estimate of drug-likeness (QED) is 0.806. The molecule has 19 heavy (non-hydrogen) atoms. The van der Waals surface area contributed by atoms with Crippen molar-refractivity contribution < 1.29 is 4.74 Å². The molecule has 4 N–H and O–H groups in total. The summed E-state index contributed by atoms with van der Waals surface area (Å²) in [6, 6.07) is 0.446. The van der Waals surface area contributed by atoms with Crippen molar-refractivity contribution in [1.82, 2.24) is 0 Å². The number of hydrogen-bond acceptors (Lipinski definition) is 3. The van der Waals surface area contributed by atoms with Crippen molar-refractivity contribution in [2.45, 2.75) is 95.4 Å². The summed E-state index contributed by atoms with van der Waals surface area (Å²) in [4.78, 5) is 0. The van der Waals surface area contributed by atoms with Crippen LogP contribution in [0.4, 0.5) is 0 Å². The minimum atomic E-state index is 0.154. The molecule has 3 atom stereocenters. The van der Waals surface area contributed by atoms with E-state index in [1.807, 2.05) is 0 Å². The van der Waals surface area contributed by atoms with E-state index in [1.54, 1.807) is 0 Å². The average molecular weight is 268 g/mol. The van der Waals surface area contributed by atoms with Crippen molar-refractivity contribution in [1.29, 1.82) is 0 Å². The molecular weight excluding hydrogens is 236 g/mol. The number of hydrogen-bond donors (Lipinski definition) is 2. The molecule has 2 aliphatic rings. The molecule has 0 heterocycles. The molecule has 2 fully saturated rings. The largest absolute Gasteiger partial charge is 0.373 e. The van der Waals surface area contributed by atoms with Gasteiger partial charge in [0.1, 0.15) is 0 Å². The topological polar surface area (TPSA) is 61.3 Å². The molecule has 3 unspecified atom stereocenters. The SMILES string of the molecule is CCCCC1CCC(OC2CCC(N)CC2N)CC1. The highest BCUT2D eigenvalue weighted by molar-refractivity contribution is 4.86. The van der Waals surface area contributed by atoms with Crippen LogP contribution in [0.2, 0.25) is 0 Å². The maximum Gasteiger partial charge on any atom is 0.0730 e. The number of unbranched alkanes of at least 4 members (excludes halogenated alkanes) is 1. The Bertz CT molecular complexity index is 251. The fourth-order valence-electron chi connectivity index (χ4n) is 3.68. The Morgan fingerprint density at radius 1 is 1.00 bits per heavy atom. The van der Waals surface area contributed by atoms with Gasteiger partial charge in [-0.1, -0.05) is 26.2 Å². The van der Waals surface area contributed by atoms with Crippen molar-refractivity contribution in [3.8, 4) is 0 Å². The number of nitrogens with two attached hydrogens (primary N) is 2. The maximum atomic E-state index is 6.27. The lowest BCUT2D eigenvalue weighted by Gasteiger charge is -2.37. The van der Waals surface area contributed by atoms with E-state index in [1.165, 1.54) is 44.9 Å². The second-order valence-electron chi connectivity index (χ2n) is 6.70. The smallest absolute Gasteiger partial charge is 0.0730 e. The van der Waals surface area contributed by atoms with Gasteiger partial charge >= 0.3 is 0 Å². The fourth-order valence-corrected chi connectivity index (χ4v) is 3.68. The van der Waals surface area contributed by atoms with Gasteiger partial charge < -0.3 is 16.2 Å². The first kappa shape index (κ1) is 15.3. The van der Waals surface area contributed by atoms with Gasteiger partial charge in [-0.15, -0.1) is 0 Å². The third-order valence-corrected chi connectivity index (χ3v) is 5.00. The molecule has 0 spiro atoms. The lowest BCUT2D eigenvalue weighted by atomic mass is 9.83. The first-order chi connectivity index (χ1) is 9.19. The predicted octanol–water partition coefficient (Wildman–Crippen LogP) is 2.96. The van der Waals surface area contributed by atoms with Crippen molar-refractivity contribution in [2.75, 3.05) is 0 Å². The van der Waals surface area contributed by atoms with Gasteiger partial charge in [-0.05, 0) is 50.9 Å². The molecule has 0 aliphatic heterocycles. The van der Waals surface area contributed by atoms with Gasteiger partial charge in [-0.3, -0.25) is 0 Å². The van der Waals surface area contributed by atoms with Crippen molar-refractivity contribution in [3.63, 3.8) is 0 Å². The van der Waals surface area contributed by atoms with Gasteiger partial charge in [0.15, 0.2) is 0 Å². The second-order valence-corrected chi connectivity index (χ2v) is 6.70. The van der Waals surface area contributed by atoms with Crippen LogP contribution in [0.5, 0.6) is 0 Å². The zero-order valence-corrected chi connectivity index (χ0v) is 12.5. The molecule has 3 heteroatoms. The summed E-state index contributed by atoms with van der Waals surface area (Å²) < 4.78 is 6.27. The molecule has 2 rings (SSSR count). The highest BCUT2D eigenvalue weighted by Gasteiger charge is 2.30. The van der Waals surface area contributed by atoms with Gasteiger partial charge in [0, 0.05) is 12.1 Å². The highest BCUT2D eigenvalue weighted by atomic mass is 16.5. The van der Waals surface area contributed by atoms with Crippen LogP contribution >= 0.6 is 0 Å². The Balaban J connectivity index is 1.67. The van der Waals surface area contributed by atoms with Gasteiger partial charge in [-0.25, -0.2) is 0 Å². The maximum absolute atomic E-state index is 6.27. The molecule has 0 aromatic rings. The van der Waals surface area contributed by atoms with Crippen LogP contribution in [0, 0.1) is 5.92 Å². The van der Waals surface area contributed by atoms with Gasteiger partial charge in [-0.2, -0.15) is 0 Å². The van der Waals surface area contributed by atoms with E-state index in [4.69, 9.17) is 16.2 Å². The average Bonchev–Trinajstić information content (AvgIpc) is 2.41. The molecule has 0 radical (unpaired) electrons. The Hall–Kier alpha value is -0.120. The van der Waals surface area contributed by atoms with E-state index in [9.17, 15) is 0 Å². The van der Waals surface area contributed by atoms with Crippen molar-refractivity contribution >= 4 is 0 Å². The second kappa shape index (κ2) is 7.61. The highest BCUT2D eigenvalue weighted by Crippen LogP contribution is 2.32. The zero-order valence-electron chi connectivity index (χ0n) is 12.5. The molecule has 0 aromatic carbocycles. The Kier molecular flexibility index (Phi) is 6.11. The number of ether oxygens (including phenoxy) is 1. The summed E-state index contributed by atoms with van der Waals surface area (Å²) in [5.74, 6) is 0.952. The lowest BCUT2D eigenvalue weighted by molar-refractivity contribution is -0.0615. The summed E-state index contributed by atoms with van der Waals surface area (Å²) in [7, 11) is 0. The van der Waals surface area contributed by atoms with Crippen LogP contribution < -0.4 is 11.5 Å². The summed E-state index contributed by atoms with van der Waals surface area (Å²) in [5.41, 5.74) is 12.1. The van der Waals surface area contributed by atoms with Gasteiger partial charge in [0.2, 0.25) is 0 Å². The molecular formula is C16H32N2O. The standard InChI is InChI=1S/C16H32N2O/c1-2-3-4-12-5-8-14(9-6-12)19-16-10-7-13(17)11-15(16)18/h12-16H,2-11,17-18H2,1H3. The Morgan fingerprint density at radius 2 is 1.74 bits per heavy atom. The van der Waals surface area contributed by atoms with Crippen molar-refractivity contribution in [3.05, 3.63) is 0 Å². The molecule has 0 saturated heterocycles. The monoisotopic (exact) mass is 268 g/mol. The van der Waals surface area contributed by atoms with Gasteiger partial charge in [0.05, 0.1) is 12.2 Å². The number of rotatable bonds is 5. The molecule has 0 aromatic heterocycles. The van der Waals surface area contributed by atoms with Crippen LogP contribution in [0.15, 0.2) is 0 Å². The van der Waals surface area contributed by atoms with E-state index >= 15 is 0 Å². The molecule has 0 amide bonds. The van der Waals surface area contributed by atoms with E-state index in [2.05, 4.69) is 6.92 Å². The van der Waals surface area contributed by atoms with Crippen LogP contribution in [0.25, 0.3) is 0 Å².